The molecule has 1 atom stereocenters. The van der Waals surface area contributed by atoms with Crippen LogP contribution in [-0.4, -0.2) is 29.2 Å². The molecule has 0 spiro atoms. The highest BCUT2D eigenvalue weighted by atomic mass is 15.2. The molecule has 2 N–H and O–H groups in total. The van der Waals surface area contributed by atoms with E-state index in [0.29, 0.717) is 5.41 Å². The molecule has 19 heavy (non-hydrogen) atoms. The summed E-state index contributed by atoms with van der Waals surface area (Å²) >= 11 is 0. The lowest BCUT2D eigenvalue weighted by Gasteiger charge is -2.34. The maximum absolute atomic E-state index is 4.66. The molecular formula is C15H22N4. The molecule has 0 saturated carbocycles. The third-order valence-electron chi connectivity index (χ3n) is 4.15. The van der Waals surface area contributed by atoms with Crippen molar-refractivity contribution < 1.29 is 0 Å². The van der Waals surface area contributed by atoms with Crippen molar-refractivity contribution in [2.45, 2.75) is 19.8 Å². The lowest BCUT2D eigenvalue weighted by molar-refractivity contribution is 0.253. The number of nitrogens with one attached hydrogen (secondary N) is 2. The number of nitrogens with zero attached hydrogens (tertiary/aromatic N) is 2. The number of anilines is 1. The van der Waals surface area contributed by atoms with Gasteiger partial charge in [0.2, 0.25) is 5.95 Å². The molecule has 1 saturated heterocycles. The fourth-order valence-corrected chi connectivity index (χ4v) is 2.87. The molecule has 0 bridgehead atoms. The lowest BCUT2D eigenvalue weighted by atomic mass is 9.83. The van der Waals surface area contributed by atoms with Crippen LogP contribution in [0, 0.1) is 5.41 Å². The number of aromatic nitrogens is 2. The van der Waals surface area contributed by atoms with Crippen LogP contribution in [0.1, 0.15) is 19.8 Å². The zero-order chi connectivity index (χ0) is 13.3. The zero-order valence-corrected chi connectivity index (χ0v) is 11.7. The van der Waals surface area contributed by atoms with E-state index < -0.39 is 0 Å². The van der Waals surface area contributed by atoms with Crippen LogP contribution in [0.15, 0.2) is 24.3 Å². The smallest absolute Gasteiger partial charge is 0.203 e. The van der Waals surface area contributed by atoms with Gasteiger partial charge in [0.25, 0.3) is 0 Å². The second-order valence-electron chi connectivity index (χ2n) is 5.93. The van der Waals surface area contributed by atoms with E-state index in [1.165, 1.54) is 18.4 Å². The van der Waals surface area contributed by atoms with Crippen molar-refractivity contribution in [1.82, 2.24) is 14.9 Å². The molecule has 2 heterocycles. The topological polar surface area (TPSA) is 41.9 Å². The van der Waals surface area contributed by atoms with E-state index in [0.717, 1.165) is 31.1 Å². The monoisotopic (exact) mass is 258 g/mol. The van der Waals surface area contributed by atoms with E-state index in [1.54, 1.807) is 0 Å². The van der Waals surface area contributed by atoms with Crippen LogP contribution in [0.4, 0.5) is 5.95 Å². The number of aryl methyl sites for hydroxylation is 1. The summed E-state index contributed by atoms with van der Waals surface area (Å²) in [5.74, 6) is 0.966. The van der Waals surface area contributed by atoms with Gasteiger partial charge in [-0.05, 0) is 36.9 Å². The maximum atomic E-state index is 4.66. The molecule has 0 amide bonds. The number of rotatable bonds is 3. The highest BCUT2D eigenvalue weighted by molar-refractivity contribution is 5.78. The van der Waals surface area contributed by atoms with Crippen LogP contribution in [-0.2, 0) is 7.05 Å². The van der Waals surface area contributed by atoms with E-state index in [9.17, 15) is 0 Å². The Bertz CT molecular complexity index is 567. The number of hydrogen-bond donors (Lipinski definition) is 2. The van der Waals surface area contributed by atoms with Crippen LogP contribution in [0.25, 0.3) is 11.0 Å². The van der Waals surface area contributed by atoms with E-state index in [4.69, 9.17) is 0 Å². The molecule has 1 fully saturated rings. The summed E-state index contributed by atoms with van der Waals surface area (Å²) in [7, 11) is 2.07. The second-order valence-corrected chi connectivity index (χ2v) is 5.93. The van der Waals surface area contributed by atoms with Crippen molar-refractivity contribution in [2.75, 3.05) is 25.0 Å². The average molecular weight is 258 g/mol. The first-order valence-corrected chi connectivity index (χ1v) is 7.04. The Morgan fingerprint density at radius 2 is 2.26 bits per heavy atom. The molecule has 0 radical (unpaired) electrons. The van der Waals surface area contributed by atoms with Crippen molar-refractivity contribution in [2.24, 2.45) is 12.5 Å². The van der Waals surface area contributed by atoms with Crippen LogP contribution >= 0.6 is 0 Å². The van der Waals surface area contributed by atoms with Gasteiger partial charge in [0.1, 0.15) is 0 Å². The Hall–Kier alpha value is -1.55. The van der Waals surface area contributed by atoms with E-state index in [2.05, 4.69) is 52.4 Å². The Labute approximate surface area is 114 Å². The molecule has 1 aliphatic rings. The Morgan fingerprint density at radius 1 is 1.42 bits per heavy atom. The Balaban J connectivity index is 1.76. The molecule has 3 rings (SSSR count). The first-order valence-electron chi connectivity index (χ1n) is 7.04. The molecule has 1 unspecified atom stereocenters. The molecule has 4 heteroatoms. The first-order chi connectivity index (χ1) is 9.18. The van der Waals surface area contributed by atoms with Crippen molar-refractivity contribution >= 4 is 17.0 Å². The summed E-state index contributed by atoms with van der Waals surface area (Å²) in [6.07, 6.45) is 2.54. The SMILES string of the molecule is Cn1c(NCC2(C)CCCNC2)nc2ccccc21. The molecular weight excluding hydrogens is 236 g/mol. The second kappa shape index (κ2) is 4.85. The number of hydrogen-bond acceptors (Lipinski definition) is 3. The molecule has 0 aliphatic carbocycles. The summed E-state index contributed by atoms with van der Waals surface area (Å²) in [6.45, 7) is 5.55. The quantitative estimate of drug-likeness (QED) is 0.888. The third-order valence-corrected chi connectivity index (χ3v) is 4.15. The minimum absolute atomic E-state index is 0.330. The van der Waals surface area contributed by atoms with Gasteiger partial charge in [-0.15, -0.1) is 0 Å². The minimum atomic E-state index is 0.330. The highest BCUT2D eigenvalue weighted by Crippen LogP contribution is 2.26. The highest BCUT2D eigenvalue weighted by Gasteiger charge is 2.26. The van der Waals surface area contributed by atoms with Gasteiger partial charge < -0.3 is 15.2 Å². The van der Waals surface area contributed by atoms with Gasteiger partial charge in [0.15, 0.2) is 0 Å². The Morgan fingerprint density at radius 3 is 3.00 bits per heavy atom. The number of benzene rings is 1. The fraction of sp³-hybridized carbons (Fsp3) is 0.533. The van der Waals surface area contributed by atoms with E-state index in [1.807, 2.05) is 6.07 Å². The minimum Gasteiger partial charge on any atom is -0.355 e. The van der Waals surface area contributed by atoms with Crippen molar-refractivity contribution in [3.63, 3.8) is 0 Å². The van der Waals surface area contributed by atoms with Gasteiger partial charge in [0, 0.05) is 20.1 Å². The lowest BCUT2D eigenvalue weighted by Crippen LogP contribution is -2.42. The largest absolute Gasteiger partial charge is 0.355 e. The molecule has 1 aliphatic heterocycles. The maximum Gasteiger partial charge on any atom is 0.203 e. The van der Waals surface area contributed by atoms with Gasteiger partial charge in [0.05, 0.1) is 11.0 Å². The molecule has 4 nitrogen and oxygen atoms in total. The van der Waals surface area contributed by atoms with Crippen LogP contribution in [0.5, 0.6) is 0 Å². The number of fused-ring (bicyclic) bond motifs is 1. The zero-order valence-electron chi connectivity index (χ0n) is 11.7. The normalized spacial score (nSPS) is 23.7. The van der Waals surface area contributed by atoms with Crippen LogP contribution in [0.3, 0.4) is 0 Å². The van der Waals surface area contributed by atoms with Gasteiger partial charge >= 0.3 is 0 Å². The van der Waals surface area contributed by atoms with E-state index in [-0.39, 0.29) is 0 Å². The summed E-state index contributed by atoms with van der Waals surface area (Å²) in [5, 5.41) is 7.01. The Kier molecular flexibility index (Phi) is 3.19. The van der Waals surface area contributed by atoms with Gasteiger partial charge in [-0.3, -0.25) is 0 Å². The number of para-hydroxylation sites is 2. The molecule has 102 valence electrons. The van der Waals surface area contributed by atoms with Crippen LogP contribution < -0.4 is 10.6 Å². The van der Waals surface area contributed by atoms with Crippen molar-refractivity contribution in [3.8, 4) is 0 Å². The van der Waals surface area contributed by atoms with Crippen molar-refractivity contribution in [1.29, 1.82) is 0 Å². The summed E-state index contributed by atoms with van der Waals surface area (Å²) in [4.78, 5) is 4.66. The average Bonchev–Trinajstić information content (AvgIpc) is 2.75. The van der Waals surface area contributed by atoms with Gasteiger partial charge in [-0.1, -0.05) is 19.1 Å². The van der Waals surface area contributed by atoms with E-state index >= 15 is 0 Å². The fourth-order valence-electron chi connectivity index (χ4n) is 2.87. The first kappa shape index (κ1) is 12.5. The number of imidazole rings is 1. The summed E-state index contributed by atoms with van der Waals surface area (Å²) in [5.41, 5.74) is 2.56. The molecule has 2 aromatic rings. The predicted molar refractivity (Wildman–Crippen MR) is 79.4 cm³/mol. The molecule has 1 aromatic carbocycles. The third kappa shape index (κ3) is 2.45. The van der Waals surface area contributed by atoms with Crippen molar-refractivity contribution in [3.05, 3.63) is 24.3 Å². The van der Waals surface area contributed by atoms with Gasteiger partial charge in [-0.2, -0.15) is 0 Å². The predicted octanol–water partition coefficient (Wildman–Crippen LogP) is 2.37. The number of piperidine rings is 1. The summed E-state index contributed by atoms with van der Waals surface area (Å²) < 4.78 is 2.13. The molecule has 1 aromatic heterocycles. The standard InChI is InChI=1S/C15H22N4/c1-15(8-5-9-16-10-15)11-17-14-18-12-6-3-4-7-13(12)19(14)2/h3-4,6-7,16H,5,8-11H2,1-2H3,(H,17,18). The van der Waals surface area contributed by atoms with Crippen LogP contribution in [0.2, 0.25) is 0 Å². The summed E-state index contributed by atoms with van der Waals surface area (Å²) in [6, 6.07) is 8.26. The van der Waals surface area contributed by atoms with Gasteiger partial charge in [-0.25, -0.2) is 4.98 Å².